The molecule has 0 aliphatic rings. The van der Waals surface area contributed by atoms with E-state index in [0.717, 1.165) is 5.69 Å². The molecule has 0 atom stereocenters. The summed E-state index contributed by atoms with van der Waals surface area (Å²) < 4.78 is 4.72. The van der Waals surface area contributed by atoms with Crippen LogP contribution in [0.2, 0.25) is 0 Å². The molecule has 0 heterocycles. The van der Waals surface area contributed by atoms with E-state index in [1.54, 1.807) is 18.2 Å². The Balaban J connectivity index is 2.36. The van der Waals surface area contributed by atoms with Gasteiger partial charge in [-0.25, -0.2) is 0 Å². The van der Waals surface area contributed by atoms with E-state index in [9.17, 15) is 9.59 Å². The van der Waals surface area contributed by atoms with E-state index in [0.29, 0.717) is 12.2 Å². The highest BCUT2D eigenvalue weighted by atomic mass is 16.5. The Labute approximate surface area is 111 Å². The van der Waals surface area contributed by atoms with Gasteiger partial charge in [0.2, 0.25) is 5.91 Å². The molecular formula is C13H18N2O4. The van der Waals surface area contributed by atoms with Gasteiger partial charge in [-0.1, -0.05) is 6.07 Å². The second-order valence-electron chi connectivity index (χ2n) is 3.88. The van der Waals surface area contributed by atoms with Gasteiger partial charge in [0.25, 0.3) is 0 Å². The number of ether oxygens (including phenoxy) is 1. The summed E-state index contributed by atoms with van der Waals surface area (Å²) in [5.74, 6) is -0.496. The summed E-state index contributed by atoms with van der Waals surface area (Å²) in [5, 5.41) is 14.2. The normalized spacial score (nSPS) is 9.79. The van der Waals surface area contributed by atoms with Crippen LogP contribution in [0.3, 0.4) is 0 Å². The highest BCUT2D eigenvalue weighted by Crippen LogP contribution is 2.14. The summed E-state index contributed by atoms with van der Waals surface area (Å²) in [6.07, 6.45) is 0.213. The monoisotopic (exact) mass is 266 g/mol. The van der Waals surface area contributed by atoms with Gasteiger partial charge in [0.15, 0.2) is 0 Å². The molecule has 0 spiro atoms. The van der Waals surface area contributed by atoms with Gasteiger partial charge in [0, 0.05) is 24.8 Å². The smallest absolute Gasteiger partial charge is 0.307 e. The first-order chi connectivity index (χ1) is 9.11. The predicted molar refractivity (Wildman–Crippen MR) is 71.9 cm³/mol. The minimum Gasteiger partial charge on any atom is -0.463 e. The third-order valence-corrected chi connectivity index (χ3v) is 2.20. The first kappa shape index (κ1) is 15.0. The first-order valence-electron chi connectivity index (χ1n) is 6.00. The van der Waals surface area contributed by atoms with Crippen molar-refractivity contribution < 1.29 is 19.4 Å². The number of nitrogens with one attached hydrogen (secondary N) is 2. The number of anilines is 2. The molecule has 0 aliphatic carbocycles. The van der Waals surface area contributed by atoms with Crippen molar-refractivity contribution >= 4 is 23.3 Å². The Morgan fingerprint density at radius 2 is 2.05 bits per heavy atom. The zero-order valence-electron chi connectivity index (χ0n) is 10.8. The number of amides is 1. The number of hydrogen-bond acceptors (Lipinski definition) is 5. The molecule has 6 heteroatoms. The van der Waals surface area contributed by atoms with Crippen LogP contribution in [-0.2, 0) is 14.3 Å². The van der Waals surface area contributed by atoms with Crippen LogP contribution in [0.25, 0.3) is 0 Å². The molecule has 0 unspecified atom stereocenters. The second kappa shape index (κ2) is 8.10. The van der Waals surface area contributed by atoms with Gasteiger partial charge in [-0.05, 0) is 18.2 Å². The standard InChI is InChI=1S/C13H18N2O4/c1-10(17)15-12-4-2-3-11(9-12)14-6-5-13(18)19-8-7-16/h2-4,9,14,16H,5-8H2,1H3,(H,15,17). The lowest BCUT2D eigenvalue weighted by atomic mass is 10.2. The molecule has 1 rings (SSSR count). The van der Waals surface area contributed by atoms with E-state index in [4.69, 9.17) is 9.84 Å². The Hall–Kier alpha value is -2.08. The third kappa shape index (κ3) is 6.42. The number of carbonyl (C=O) groups excluding carboxylic acids is 2. The third-order valence-electron chi connectivity index (χ3n) is 2.20. The maximum absolute atomic E-state index is 11.2. The fourth-order valence-electron chi connectivity index (χ4n) is 1.45. The van der Waals surface area contributed by atoms with Gasteiger partial charge in [0.05, 0.1) is 13.0 Å². The number of esters is 1. The molecule has 0 saturated heterocycles. The van der Waals surface area contributed by atoms with Crippen LogP contribution in [0.1, 0.15) is 13.3 Å². The molecule has 0 radical (unpaired) electrons. The van der Waals surface area contributed by atoms with Crippen molar-refractivity contribution in [3.63, 3.8) is 0 Å². The quantitative estimate of drug-likeness (QED) is 0.640. The molecule has 0 bridgehead atoms. The maximum Gasteiger partial charge on any atom is 0.307 e. The molecule has 0 aliphatic heterocycles. The molecule has 0 saturated carbocycles. The van der Waals surface area contributed by atoms with Crippen LogP contribution in [-0.4, -0.2) is 36.7 Å². The van der Waals surface area contributed by atoms with Crippen molar-refractivity contribution in [2.24, 2.45) is 0 Å². The number of aliphatic hydroxyl groups excluding tert-OH is 1. The Morgan fingerprint density at radius 1 is 1.32 bits per heavy atom. The number of benzene rings is 1. The summed E-state index contributed by atoms with van der Waals surface area (Å²) in [7, 11) is 0. The van der Waals surface area contributed by atoms with Crippen LogP contribution in [0.15, 0.2) is 24.3 Å². The van der Waals surface area contributed by atoms with Crippen LogP contribution >= 0.6 is 0 Å². The van der Waals surface area contributed by atoms with E-state index >= 15 is 0 Å². The van der Waals surface area contributed by atoms with Gasteiger partial charge in [-0.2, -0.15) is 0 Å². The van der Waals surface area contributed by atoms with Crippen molar-refractivity contribution in [3.05, 3.63) is 24.3 Å². The highest BCUT2D eigenvalue weighted by Gasteiger charge is 2.02. The molecule has 1 amide bonds. The predicted octanol–water partition coefficient (Wildman–Crippen LogP) is 0.982. The van der Waals surface area contributed by atoms with E-state index in [1.165, 1.54) is 6.92 Å². The van der Waals surface area contributed by atoms with E-state index in [1.807, 2.05) is 6.07 Å². The van der Waals surface area contributed by atoms with Crippen LogP contribution in [0.5, 0.6) is 0 Å². The summed E-state index contributed by atoms with van der Waals surface area (Å²) in [6, 6.07) is 7.20. The fraction of sp³-hybridized carbons (Fsp3) is 0.385. The maximum atomic E-state index is 11.2. The van der Waals surface area contributed by atoms with Gasteiger partial charge >= 0.3 is 5.97 Å². The lowest BCUT2D eigenvalue weighted by molar-refractivity contribution is -0.144. The molecular weight excluding hydrogens is 248 g/mol. The van der Waals surface area contributed by atoms with Crippen LogP contribution in [0.4, 0.5) is 11.4 Å². The zero-order chi connectivity index (χ0) is 14.1. The zero-order valence-corrected chi connectivity index (χ0v) is 10.8. The molecule has 0 fully saturated rings. The van der Waals surface area contributed by atoms with Crippen LogP contribution in [0, 0.1) is 0 Å². The first-order valence-corrected chi connectivity index (χ1v) is 6.00. The number of rotatable bonds is 7. The molecule has 1 aromatic carbocycles. The van der Waals surface area contributed by atoms with E-state index in [2.05, 4.69) is 10.6 Å². The van der Waals surface area contributed by atoms with Gasteiger partial charge in [0.1, 0.15) is 6.61 Å². The average Bonchev–Trinajstić information content (AvgIpc) is 2.36. The molecule has 3 N–H and O–H groups in total. The summed E-state index contributed by atoms with van der Waals surface area (Å²) in [6.45, 7) is 1.72. The van der Waals surface area contributed by atoms with E-state index < -0.39 is 0 Å². The SMILES string of the molecule is CC(=O)Nc1cccc(NCCC(=O)OCCO)c1. The van der Waals surface area contributed by atoms with Crippen molar-refractivity contribution in [1.29, 1.82) is 0 Å². The minimum absolute atomic E-state index is 0.0247. The minimum atomic E-state index is -0.362. The summed E-state index contributed by atoms with van der Waals surface area (Å²) in [4.78, 5) is 22.1. The number of aliphatic hydroxyl groups is 1. The summed E-state index contributed by atoms with van der Waals surface area (Å²) >= 11 is 0. The average molecular weight is 266 g/mol. The lowest BCUT2D eigenvalue weighted by Crippen LogP contribution is -2.13. The van der Waals surface area contributed by atoms with Crippen molar-refractivity contribution in [3.8, 4) is 0 Å². The fourth-order valence-corrected chi connectivity index (χ4v) is 1.45. The van der Waals surface area contributed by atoms with Crippen molar-refractivity contribution in [2.75, 3.05) is 30.4 Å². The Kier molecular flexibility index (Phi) is 6.38. The Morgan fingerprint density at radius 3 is 2.74 bits per heavy atom. The number of hydrogen-bond donors (Lipinski definition) is 3. The molecule has 0 aromatic heterocycles. The largest absolute Gasteiger partial charge is 0.463 e. The highest BCUT2D eigenvalue weighted by molar-refractivity contribution is 5.89. The van der Waals surface area contributed by atoms with Crippen molar-refractivity contribution in [2.45, 2.75) is 13.3 Å². The Bertz CT molecular complexity index is 434. The number of carbonyl (C=O) groups is 2. The summed E-state index contributed by atoms with van der Waals surface area (Å²) in [5.41, 5.74) is 1.50. The van der Waals surface area contributed by atoms with Gasteiger partial charge in [-0.15, -0.1) is 0 Å². The second-order valence-corrected chi connectivity index (χ2v) is 3.88. The molecule has 104 valence electrons. The lowest BCUT2D eigenvalue weighted by Gasteiger charge is -2.08. The topological polar surface area (TPSA) is 87.7 Å². The molecule has 19 heavy (non-hydrogen) atoms. The van der Waals surface area contributed by atoms with Crippen molar-refractivity contribution in [1.82, 2.24) is 0 Å². The molecule has 1 aromatic rings. The van der Waals surface area contributed by atoms with Gasteiger partial charge in [-0.3, -0.25) is 9.59 Å². The van der Waals surface area contributed by atoms with Gasteiger partial charge < -0.3 is 20.5 Å². The molecule has 6 nitrogen and oxygen atoms in total. The van der Waals surface area contributed by atoms with Crippen LogP contribution < -0.4 is 10.6 Å². The van der Waals surface area contributed by atoms with E-state index in [-0.39, 0.29) is 31.5 Å².